The van der Waals surface area contributed by atoms with Crippen LogP contribution in [0.3, 0.4) is 0 Å². The van der Waals surface area contributed by atoms with E-state index in [0.717, 1.165) is 15.1 Å². The lowest BCUT2D eigenvalue weighted by Crippen LogP contribution is -2.47. The number of benzene rings is 1. The minimum atomic E-state index is -0.853. The van der Waals surface area contributed by atoms with E-state index in [9.17, 15) is 4.79 Å². The molecule has 1 aromatic rings. The Morgan fingerprint density at radius 1 is 1.53 bits per heavy atom. The largest absolute Gasteiger partial charge is 0.480 e. The molecule has 0 aliphatic carbocycles. The lowest BCUT2D eigenvalue weighted by Gasteiger charge is -2.23. The second kappa shape index (κ2) is 6.42. The van der Waals surface area contributed by atoms with Crippen LogP contribution in [0.1, 0.15) is 13.3 Å². The zero-order valence-corrected chi connectivity index (χ0v) is 12.3. The molecule has 0 fully saturated rings. The lowest BCUT2D eigenvalue weighted by atomic mass is 10.00. The molecule has 0 heterocycles. The van der Waals surface area contributed by atoms with Crippen LogP contribution in [-0.4, -0.2) is 29.4 Å². The van der Waals surface area contributed by atoms with Crippen LogP contribution >= 0.6 is 27.7 Å². The molecule has 1 unspecified atom stereocenters. The molecule has 0 bridgehead atoms. The molecule has 0 saturated carbocycles. The van der Waals surface area contributed by atoms with Gasteiger partial charge in [-0.1, -0.05) is 12.1 Å². The number of rotatable bonds is 6. The maximum Gasteiger partial charge on any atom is 0.323 e. The molecule has 0 aromatic heterocycles. The van der Waals surface area contributed by atoms with Gasteiger partial charge < -0.3 is 10.4 Å². The van der Waals surface area contributed by atoms with E-state index in [-0.39, 0.29) is 0 Å². The quantitative estimate of drug-likeness (QED) is 0.792. The summed E-state index contributed by atoms with van der Waals surface area (Å²) in [6.07, 6.45) is 0.574. The Balaban J connectivity index is 2.53. The third kappa shape index (κ3) is 4.01. The first kappa shape index (κ1) is 14.5. The Bertz CT molecular complexity index is 400. The highest BCUT2D eigenvalue weighted by atomic mass is 79.9. The molecular weight excluding hydrogens is 302 g/mol. The van der Waals surface area contributed by atoms with E-state index in [2.05, 4.69) is 21.2 Å². The Hall–Kier alpha value is -0.520. The van der Waals surface area contributed by atoms with Gasteiger partial charge in [0.1, 0.15) is 5.54 Å². The highest BCUT2D eigenvalue weighted by Crippen LogP contribution is 2.28. The number of hydrogen-bond donors (Lipinski definition) is 2. The number of halogens is 1. The highest BCUT2D eigenvalue weighted by Gasteiger charge is 2.30. The van der Waals surface area contributed by atoms with Gasteiger partial charge in [0.25, 0.3) is 0 Å². The molecule has 1 atom stereocenters. The van der Waals surface area contributed by atoms with E-state index >= 15 is 0 Å². The maximum atomic E-state index is 11.1. The first-order valence-corrected chi connectivity index (χ1v) is 7.07. The van der Waals surface area contributed by atoms with E-state index in [1.54, 1.807) is 25.7 Å². The predicted molar refractivity (Wildman–Crippen MR) is 74.6 cm³/mol. The van der Waals surface area contributed by atoms with Gasteiger partial charge in [0.2, 0.25) is 0 Å². The van der Waals surface area contributed by atoms with Crippen molar-refractivity contribution in [1.82, 2.24) is 5.32 Å². The summed E-state index contributed by atoms with van der Waals surface area (Å²) in [6.45, 7) is 1.70. The summed E-state index contributed by atoms with van der Waals surface area (Å²) < 4.78 is 1.05. The van der Waals surface area contributed by atoms with Crippen molar-refractivity contribution >= 4 is 33.7 Å². The number of carboxylic acid groups (broad SMARTS) is 1. The number of likely N-dealkylation sites (N-methyl/N-ethyl adjacent to an activating group) is 1. The number of hydrogen-bond acceptors (Lipinski definition) is 3. The van der Waals surface area contributed by atoms with Gasteiger partial charge in [-0.05, 0) is 48.5 Å². The molecule has 17 heavy (non-hydrogen) atoms. The van der Waals surface area contributed by atoms with Crippen molar-refractivity contribution < 1.29 is 9.90 Å². The van der Waals surface area contributed by atoms with Crippen LogP contribution in [0, 0.1) is 0 Å². The summed E-state index contributed by atoms with van der Waals surface area (Å²) in [4.78, 5) is 12.2. The molecule has 0 spiro atoms. The molecule has 0 radical (unpaired) electrons. The van der Waals surface area contributed by atoms with Crippen molar-refractivity contribution in [3.8, 4) is 0 Å². The van der Waals surface area contributed by atoms with E-state index in [0.29, 0.717) is 6.42 Å². The molecule has 2 N–H and O–H groups in total. The summed E-state index contributed by atoms with van der Waals surface area (Å²) in [6, 6.07) is 7.94. The lowest BCUT2D eigenvalue weighted by molar-refractivity contribution is -0.144. The molecule has 94 valence electrons. The Kier molecular flexibility index (Phi) is 5.49. The van der Waals surface area contributed by atoms with Crippen molar-refractivity contribution in [2.45, 2.75) is 23.8 Å². The molecule has 1 rings (SSSR count). The number of carboxylic acids is 1. The van der Waals surface area contributed by atoms with Gasteiger partial charge in [0.05, 0.1) is 0 Å². The van der Waals surface area contributed by atoms with Gasteiger partial charge in [0, 0.05) is 15.1 Å². The summed E-state index contributed by atoms with van der Waals surface area (Å²) in [5.41, 5.74) is -0.853. The first-order valence-electron chi connectivity index (χ1n) is 5.29. The zero-order chi connectivity index (χ0) is 12.9. The highest BCUT2D eigenvalue weighted by molar-refractivity contribution is 9.10. The number of carbonyl (C=O) groups is 1. The van der Waals surface area contributed by atoms with Crippen molar-refractivity contribution in [2.24, 2.45) is 0 Å². The molecule has 5 heteroatoms. The summed E-state index contributed by atoms with van der Waals surface area (Å²) in [5.74, 6) is -0.0561. The third-order valence-corrected chi connectivity index (χ3v) is 4.75. The van der Waals surface area contributed by atoms with Gasteiger partial charge in [-0.25, -0.2) is 0 Å². The fraction of sp³-hybridized carbons (Fsp3) is 0.417. The second-order valence-corrected chi connectivity index (χ2v) is 5.91. The smallest absolute Gasteiger partial charge is 0.323 e. The van der Waals surface area contributed by atoms with Crippen LogP contribution in [0.4, 0.5) is 0 Å². The predicted octanol–water partition coefficient (Wildman–Crippen LogP) is 2.99. The van der Waals surface area contributed by atoms with Crippen LogP contribution in [0.15, 0.2) is 33.6 Å². The minimum absolute atomic E-state index is 0.574. The molecule has 0 aliphatic rings. The van der Waals surface area contributed by atoms with Crippen molar-refractivity contribution in [1.29, 1.82) is 0 Å². The van der Waals surface area contributed by atoms with Crippen LogP contribution < -0.4 is 5.32 Å². The van der Waals surface area contributed by atoms with E-state index in [1.165, 1.54) is 0 Å². The van der Waals surface area contributed by atoms with Gasteiger partial charge in [-0.2, -0.15) is 0 Å². The van der Waals surface area contributed by atoms with Crippen molar-refractivity contribution in [3.05, 3.63) is 28.7 Å². The monoisotopic (exact) mass is 317 g/mol. The second-order valence-electron chi connectivity index (χ2n) is 3.92. The fourth-order valence-electron chi connectivity index (χ4n) is 1.27. The SMILES string of the molecule is CNC(C)(CCSc1ccccc1Br)C(=O)O. The normalized spacial score (nSPS) is 14.3. The van der Waals surface area contributed by atoms with Gasteiger partial charge in [-0.3, -0.25) is 4.79 Å². The van der Waals surface area contributed by atoms with Gasteiger partial charge in [0.15, 0.2) is 0 Å². The molecule has 3 nitrogen and oxygen atoms in total. The Labute approximate surface area is 114 Å². The van der Waals surface area contributed by atoms with Gasteiger partial charge in [-0.15, -0.1) is 11.8 Å². The Morgan fingerprint density at radius 2 is 2.18 bits per heavy atom. The topological polar surface area (TPSA) is 49.3 Å². The average molecular weight is 318 g/mol. The van der Waals surface area contributed by atoms with Crippen molar-refractivity contribution in [2.75, 3.05) is 12.8 Å². The standard InChI is InChI=1S/C12H16BrNO2S/c1-12(14-2,11(15)16)7-8-17-10-6-4-3-5-9(10)13/h3-6,14H,7-8H2,1-2H3,(H,15,16). The van der Waals surface area contributed by atoms with Gasteiger partial charge >= 0.3 is 5.97 Å². The van der Waals surface area contributed by atoms with Crippen LogP contribution in [0.25, 0.3) is 0 Å². The van der Waals surface area contributed by atoms with E-state index < -0.39 is 11.5 Å². The third-order valence-electron chi connectivity index (χ3n) is 2.72. The average Bonchev–Trinajstić information content (AvgIpc) is 2.31. The van der Waals surface area contributed by atoms with Crippen molar-refractivity contribution in [3.63, 3.8) is 0 Å². The number of nitrogens with one attached hydrogen (secondary N) is 1. The first-order chi connectivity index (χ1) is 7.99. The van der Waals surface area contributed by atoms with E-state index in [4.69, 9.17) is 5.11 Å². The summed E-state index contributed by atoms with van der Waals surface area (Å²) in [7, 11) is 1.68. The van der Waals surface area contributed by atoms with E-state index in [1.807, 2.05) is 24.3 Å². The molecular formula is C12H16BrNO2S. The molecule has 1 aromatic carbocycles. The summed E-state index contributed by atoms with van der Waals surface area (Å²) in [5, 5.41) is 12.0. The molecule has 0 amide bonds. The minimum Gasteiger partial charge on any atom is -0.480 e. The van der Waals surface area contributed by atoms with Crippen LogP contribution in [0.2, 0.25) is 0 Å². The number of thioether (sulfide) groups is 1. The van der Waals surface area contributed by atoms with Crippen LogP contribution in [-0.2, 0) is 4.79 Å². The summed E-state index contributed by atoms with van der Waals surface area (Å²) >= 11 is 5.13. The maximum absolute atomic E-state index is 11.1. The fourth-order valence-corrected chi connectivity index (χ4v) is 3.00. The molecule has 0 saturated heterocycles. The zero-order valence-electron chi connectivity index (χ0n) is 9.87. The molecule has 0 aliphatic heterocycles. The number of aliphatic carboxylic acids is 1. The Morgan fingerprint density at radius 3 is 2.71 bits per heavy atom. The van der Waals surface area contributed by atoms with Crippen LogP contribution in [0.5, 0.6) is 0 Å².